The number of alkyl halides is 6. The summed E-state index contributed by atoms with van der Waals surface area (Å²) < 4.78 is 79.5. The van der Waals surface area contributed by atoms with Crippen LogP contribution in [0, 0.1) is 6.92 Å². The number of aryl methyl sites for hydroxylation is 1. The molecule has 0 saturated carbocycles. The predicted molar refractivity (Wildman–Crippen MR) is 113 cm³/mol. The maximum Gasteiger partial charge on any atom is 0.416 e. The third-order valence-electron chi connectivity index (χ3n) is 5.25. The van der Waals surface area contributed by atoms with Crippen molar-refractivity contribution >= 4 is 11.6 Å². The van der Waals surface area contributed by atoms with E-state index in [1.54, 1.807) is 6.07 Å². The van der Waals surface area contributed by atoms with Crippen molar-refractivity contribution < 1.29 is 31.1 Å². The maximum atomic E-state index is 13.3. The number of carbonyl (C=O) groups is 1. The van der Waals surface area contributed by atoms with Gasteiger partial charge in [0.2, 0.25) is 5.91 Å². The van der Waals surface area contributed by atoms with Crippen molar-refractivity contribution in [2.45, 2.75) is 38.5 Å². The molecule has 0 aliphatic carbocycles. The van der Waals surface area contributed by atoms with E-state index in [1.165, 1.54) is 19.3 Å². The van der Waals surface area contributed by atoms with Crippen LogP contribution in [0.25, 0.3) is 11.1 Å². The van der Waals surface area contributed by atoms with Crippen LogP contribution >= 0.6 is 0 Å². The summed E-state index contributed by atoms with van der Waals surface area (Å²) in [4.78, 5) is 17.0. The van der Waals surface area contributed by atoms with E-state index in [0.29, 0.717) is 23.4 Å². The summed E-state index contributed by atoms with van der Waals surface area (Å²) in [7, 11) is 0. The summed E-state index contributed by atoms with van der Waals surface area (Å²) in [6.45, 7) is 3.39. The van der Waals surface area contributed by atoms with E-state index >= 15 is 0 Å². The summed E-state index contributed by atoms with van der Waals surface area (Å²) in [6, 6.07) is 10.3. The largest absolute Gasteiger partial charge is 0.416 e. The first-order valence-corrected chi connectivity index (χ1v) is 10.0. The summed E-state index contributed by atoms with van der Waals surface area (Å²) in [5, 5.41) is 2.64. The summed E-state index contributed by atoms with van der Waals surface area (Å²) in [6.07, 6.45) is -7.08. The molecule has 9 heteroatoms. The number of hydrogen-bond acceptors (Lipinski definition) is 2. The molecule has 0 fully saturated rings. The van der Waals surface area contributed by atoms with E-state index in [-0.39, 0.29) is 18.1 Å². The number of hydrogen-bond donors (Lipinski definition) is 1. The molecule has 0 spiro atoms. The Balaban J connectivity index is 2.01. The SMILES string of the molecule is CCC(C(=O)Nc1cnccc1-c1ccccc1C)c1cc(C(F)(F)F)cc(C(F)(F)F)c1. The van der Waals surface area contributed by atoms with Gasteiger partial charge in [0.25, 0.3) is 0 Å². The lowest BCUT2D eigenvalue weighted by atomic mass is 9.91. The molecule has 0 aliphatic heterocycles. The topological polar surface area (TPSA) is 42.0 Å². The van der Waals surface area contributed by atoms with Crippen molar-refractivity contribution in [2.24, 2.45) is 0 Å². The number of halogens is 6. The van der Waals surface area contributed by atoms with Crippen LogP contribution in [0.1, 0.15) is 41.5 Å². The Morgan fingerprint density at radius 1 is 0.939 bits per heavy atom. The van der Waals surface area contributed by atoms with Crippen molar-refractivity contribution in [3.05, 3.63) is 83.2 Å². The number of amides is 1. The fourth-order valence-corrected chi connectivity index (χ4v) is 3.58. The monoisotopic (exact) mass is 466 g/mol. The van der Waals surface area contributed by atoms with E-state index in [9.17, 15) is 31.1 Å². The molecule has 3 aromatic rings. The molecule has 1 aromatic heterocycles. The van der Waals surface area contributed by atoms with E-state index in [0.717, 1.165) is 11.1 Å². The molecule has 3 rings (SSSR count). The van der Waals surface area contributed by atoms with Gasteiger partial charge in [-0.15, -0.1) is 0 Å². The molecular formula is C24H20F6N2O. The highest BCUT2D eigenvalue weighted by Gasteiger charge is 2.38. The average Bonchev–Trinajstić information content (AvgIpc) is 2.74. The molecule has 1 N–H and O–H groups in total. The normalized spacial score (nSPS) is 13.0. The number of carbonyl (C=O) groups excluding carboxylic acids is 1. The Kier molecular flexibility index (Phi) is 6.81. The Morgan fingerprint density at radius 3 is 2.09 bits per heavy atom. The molecule has 33 heavy (non-hydrogen) atoms. The predicted octanol–water partition coefficient (Wildman–Crippen LogP) is 7.23. The second-order valence-corrected chi connectivity index (χ2v) is 7.53. The highest BCUT2D eigenvalue weighted by Crippen LogP contribution is 2.39. The molecule has 1 atom stereocenters. The number of benzene rings is 2. The second-order valence-electron chi connectivity index (χ2n) is 7.53. The van der Waals surface area contributed by atoms with Crippen molar-refractivity contribution in [3.8, 4) is 11.1 Å². The van der Waals surface area contributed by atoms with Crippen LogP contribution in [0.15, 0.2) is 60.9 Å². The number of nitrogens with zero attached hydrogens (tertiary/aromatic N) is 1. The van der Waals surface area contributed by atoms with Gasteiger partial charge in [-0.25, -0.2) is 0 Å². The molecule has 1 amide bonds. The Labute approximate surface area is 186 Å². The molecule has 0 saturated heterocycles. The highest BCUT2D eigenvalue weighted by atomic mass is 19.4. The zero-order valence-corrected chi connectivity index (χ0v) is 17.7. The molecular weight excluding hydrogens is 446 g/mol. The number of rotatable bonds is 5. The van der Waals surface area contributed by atoms with Crippen molar-refractivity contribution in [2.75, 3.05) is 5.32 Å². The molecule has 2 aromatic carbocycles. The zero-order valence-electron chi connectivity index (χ0n) is 17.7. The Morgan fingerprint density at radius 2 is 1.55 bits per heavy atom. The van der Waals surface area contributed by atoms with Gasteiger partial charge in [-0.05, 0) is 54.3 Å². The van der Waals surface area contributed by atoms with Crippen LogP contribution in [0.5, 0.6) is 0 Å². The minimum Gasteiger partial charge on any atom is -0.324 e. The lowest BCUT2D eigenvalue weighted by molar-refractivity contribution is -0.143. The van der Waals surface area contributed by atoms with Gasteiger partial charge in [0.15, 0.2) is 0 Å². The minimum absolute atomic E-state index is 0.00952. The van der Waals surface area contributed by atoms with Gasteiger partial charge >= 0.3 is 12.4 Å². The van der Waals surface area contributed by atoms with Crippen LogP contribution in [0.2, 0.25) is 0 Å². The van der Waals surface area contributed by atoms with Gasteiger partial charge in [0, 0.05) is 11.8 Å². The van der Waals surface area contributed by atoms with Gasteiger partial charge in [0.05, 0.1) is 28.9 Å². The van der Waals surface area contributed by atoms with Crippen molar-refractivity contribution in [3.63, 3.8) is 0 Å². The third-order valence-corrected chi connectivity index (χ3v) is 5.25. The van der Waals surface area contributed by atoms with E-state index < -0.39 is 35.3 Å². The number of aromatic nitrogens is 1. The fraction of sp³-hybridized carbons (Fsp3) is 0.250. The van der Waals surface area contributed by atoms with Gasteiger partial charge in [-0.1, -0.05) is 31.2 Å². The fourth-order valence-electron chi connectivity index (χ4n) is 3.58. The average molecular weight is 466 g/mol. The Bertz CT molecular complexity index is 1120. The summed E-state index contributed by atoms with van der Waals surface area (Å²) >= 11 is 0. The van der Waals surface area contributed by atoms with Crippen LogP contribution in [-0.2, 0) is 17.1 Å². The molecule has 1 unspecified atom stereocenters. The molecule has 174 valence electrons. The maximum absolute atomic E-state index is 13.3. The highest BCUT2D eigenvalue weighted by molar-refractivity contribution is 5.99. The molecule has 0 aliphatic rings. The lowest BCUT2D eigenvalue weighted by Gasteiger charge is -2.20. The summed E-state index contributed by atoms with van der Waals surface area (Å²) in [5.74, 6) is -1.97. The van der Waals surface area contributed by atoms with Gasteiger partial charge < -0.3 is 5.32 Å². The van der Waals surface area contributed by atoms with Crippen LogP contribution < -0.4 is 5.32 Å². The standard InChI is InChI=1S/C24H20F6N2O/c1-3-18(15-10-16(23(25,26)27)12-17(11-15)24(28,29)30)22(33)32-21-13-31-9-8-20(21)19-7-5-4-6-14(19)2/h4-13,18H,3H2,1-2H3,(H,32,33). The van der Waals surface area contributed by atoms with Gasteiger partial charge in [-0.3, -0.25) is 9.78 Å². The van der Waals surface area contributed by atoms with Crippen LogP contribution in [0.3, 0.4) is 0 Å². The number of anilines is 1. The van der Waals surface area contributed by atoms with Gasteiger partial charge in [0.1, 0.15) is 0 Å². The van der Waals surface area contributed by atoms with E-state index in [2.05, 4.69) is 10.3 Å². The van der Waals surface area contributed by atoms with E-state index in [4.69, 9.17) is 0 Å². The third kappa shape index (κ3) is 5.53. The summed E-state index contributed by atoms with van der Waals surface area (Å²) in [5.41, 5.74) is -0.621. The molecule has 1 heterocycles. The van der Waals surface area contributed by atoms with Crippen LogP contribution in [-0.4, -0.2) is 10.9 Å². The zero-order chi connectivity index (χ0) is 24.4. The van der Waals surface area contributed by atoms with Gasteiger partial charge in [-0.2, -0.15) is 26.3 Å². The van der Waals surface area contributed by atoms with E-state index in [1.807, 2.05) is 31.2 Å². The minimum atomic E-state index is -4.99. The quantitative estimate of drug-likeness (QED) is 0.403. The Hall–Kier alpha value is -3.36. The van der Waals surface area contributed by atoms with Crippen molar-refractivity contribution in [1.82, 2.24) is 4.98 Å². The number of nitrogens with one attached hydrogen (secondary N) is 1. The lowest BCUT2D eigenvalue weighted by Crippen LogP contribution is -2.22. The van der Waals surface area contributed by atoms with Crippen LogP contribution in [0.4, 0.5) is 32.0 Å². The number of pyridine rings is 1. The first-order valence-electron chi connectivity index (χ1n) is 10.0. The molecule has 0 bridgehead atoms. The molecule has 0 radical (unpaired) electrons. The molecule has 3 nitrogen and oxygen atoms in total. The first-order chi connectivity index (χ1) is 15.4. The first kappa shape index (κ1) is 24.3. The smallest absolute Gasteiger partial charge is 0.324 e. The second kappa shape index (κ2) is 9.25. The van der Waals surface area contributed by atoms with Crippen molar-refractivity contribution in [1.29, 1.82) is 0 Å².